The molecule has 3 heterocycles. The summed E-state index contributed by atoms with van der Waals surface area (Å²) in [6.45, 7) is 1.45. The zero-order valence-electron chi connectivity index (χ0n) is 12.5. The fourth-order valence-electron chi connectivity index (χ4n) is 3.08. The summed E-state index contributed by atoms with van der Waals surface area (Å²) in [6.07, 6.45) is 7.17. The molecule has 0 aliphatic carbocycles. The summed E-state index contributed by atoms with van der Waals surface area (Å²) in [5, 5.41) is 10.6. The molecular formula is C16H16N6O. The number of carbonyl (C=O) groups excluding carboxylic acids is 1. The molecule has 1 fully saturated rings. The lowest BCUT2D eigenvalue weighted by Crippen LogP contribution is -2.39. The average molecular weight is 308 g/mol. The van der Waals surface area contributed by atoms with E-state index in [-0.39, 0.29) is 11.8 Å². The van der Waals surface area contributed by atoms with Gasteiger partial charge in [0.05, 0.1) is 5.69 Å². The van der Waals surface area contributed by atoms with Gasteiger partial charge in [-0.15, -0.1) is 0 Å². The van der Waals surface area contributed by atoms with E-state index in [0.717, 1.165) is 30.6 Å². The second kappa shape index (κ2) is 5.75. The van der Waals surface area contributed by atoms with Crippen LogP contribution in [0, 0.1) is 0 Å². The lowest BCUT2D eigenvalue weighted by atomic mass is 9.94. The molecule has 0 bridgehead atoms. The SMILES string of the molecule is O=C(c1ccc2n[nH]nc2c1)N1CCCC(c2cnccn2)C1. The number of nitrogens with one attached hydrogen (secondary N) is 1. The number of aromatic nitrogens is 5. The van der Waals surface area contributed by atoms with E-state index in [1.807, 2.05) is 11.0 Å². The van der Waals surface area contributed by atoms with Crippen molar-refractivity contribution >= 4 is 16.9 Å². The smallest absolute Gasteiger partial charge is 0.253 e. The standard InChI is InChI=1S/C16H16N6O/c23-16(11-3-4-13-14(8-11)20-21-19-13)22-7-1-2-12(10-22)15-9-17-5-6-18-15/h3-6,8-9,12H,1-2,7,10H2,(H,19,20,21). The van der Waals surface area contributed by atoms with Crippen molar-refractivity contribution in [2.75, 3.05) is 13.1 Å². The number of amides is 1. The monoisotopic (exact) mass is 308 g/mol. The van der Waals surface area contributed by atoms with E-state index in [4.69, 9.17) is 0 Å². The highest BCUT2D eigenvalue weighted by molar-refractivity contribution is 5.97. The molecule has 116 valence electrons. The normalized spacial score (nSPS) is 18.3. The predicted octanol–water partition coefficient (Wildman–Crippen LogP) is 1.77. The number of fused-ring (bicyclic) bond motifs is 1. The number of likely N-dealkylation sites (tertiary alicyclic amines) is 1. The summed E-state index contributed by atoms with van der Waals surface area (Å²) in [7, 11) is 0. The summed E-state index contributed by atoms with van der Waals surface area (Å²) in [4.78, 5) is 23.2. The van der Waals surface area contributed by atoms with Gasteiger partial charge in [0, 0.05) is 43.2 Å². The van der Waals surface area contributed by atoms with Crippen molar-refractivity contribution in [3.63, 3.8) is 0 Å². The van der Waals surface area contributed by atoms with Crippen molar-refractivity contribution in [1.29, 1.82) is 0 Å². The Kier molecular flexibility index (Phi) is 3.45. The van der Waals surface area contributed by atoms with Gasteiger partial charge in [0.1, 0.15) is 11.0 Å². The number of carbonyl (C=O) groups is 1. The zero-order chi connectivity index (χ0) is 15.6. The topological polar surface area (TPSA) is 87.7 Å². The highest BCUT2D eigenvalue weighted by Gasteiger charge is 2.26. The lowest BCUT2D eigenvalue weighted by Gasteiger charge is -2.32. The number of H-pyrrole nitrogens is 1. The van der Waals surface area contributed by atoms with Crippen molar-refractivity contribution in [2.45, 2.75) is 18.8 Å². The van der Waals surface area contributed by atoms with Gasteiger partial charge in [-0.05, 0) is 31.0 Å². The molecule has 1 saturated heterocycles. The molecule has 0 spiro atoms. The van der Waals surface area contributed by atoms with Crippen LogP contribution in [0.15, 0.2) is 36.8 Å². The van der Waals surface area contributed by atoms with Crippen molar-refractivity contribution in [2.24, 2.45) is 0 Å². The van der Waals surface area contributed by atoms with Gasteiger partial charge in [0.25, 0.3) is 5.91 Å². The van der Waals surface area contributed by atoms with Gasteiger partial charge in [0.2, 0.25) is 0 Å². The van der Waals surface area contributed by atoms with Crippen LogP contribution in [0.2, 0.25) is 0 Å². The molecule has 1 atom stereocenters. The van der Waals surface area contributed by atoms with E-state index >= 15 is 0 Å². The number of hydrogen-bond acceptors (Lipinski definition) is 5. The summed E-state index contributed by atoms with van der Waals surface area (Å²) in [5.74, 6) is 0.278. The third kappa shape index (κ3) is 2.65. The Hall–Kier alpha value is -2.83. The lowest BCUT2D eigenvalue weighted by molar-refractivity contribution is 0.0706. The number of nitrogens with zero attached hydrogens (tertiary/aromatic N) is 5. The molecule has 1 amide bonds. The third-order valence-corrected chi connectivity index (χ3v) is 4.27. The highest BCUT2D eigenvalue weighted by atomic mass is 16.2. The van der Waals surface area contributed by atoms with Crippen LogP contribution in [0.4, 0.5) is 0 Å². The Morgan fingerprint density at radius 1 is 1.22 bits per heavy atom. The van der Waals surface area contributed by atoms with Gasteiger partial charge in [-0.3, -0.25) is 14.8 Å². The number of aromatic amines is 1. The minimum Gasteiger partial charge on any atom is -0.338 e. The quantitative estimate of drug-likeness (QED) is 0.779. The van der Waals surface area contributed by atoms with Gasteiger partial charge < -0.3 is 4.90 Å². The van der Waals surface area contributed by atoms with Gasteiger partial charge in [0.15, 0.2) is 0 Å². The molecule has 3 aromatic rings. The average Bonchev–Trinajstić information content (AvgIpc) is 3.09. The maximum Gasteiger partial charge on any atom is 0.253 e. The van der Waals surface area contributed by atoms with Crippen LogP contribution < -0.4 is 0 Å². The first-order chi connectivity index (χ1) is 11.3. The highest BCUT2D eigenvalue weighted by Crippen LogP contribution is 2.26. The molecule has 1 N–H and O–H groups in total. The summed E-state index contributed by atoms with van der Waals surface area (Å²) < 4.78 is 0. The Morgan fingerprint density at radius 3 is 3.00 bits per heavy atom. The molecule has 4 rings (SSSR count). The first-order valence-corrected chi connectivity index (χ1v) is 7.67. The van der Waals surface area contributed by atoms with E-state index in [2.05, 4.69) is 25.4 Å². The minimum absolute atomic E-state index is 0.0310. The van der Waals surface area contributed by atoms with Gasteiger partial charge in [-0.25, -0.2) is 0 Å². The number of hydrogen-bond donors (Lipinski definition) is 1. The van der Waals surface area contributed by atoms with E-state index < -0.39 is 0 Å². The molecule has 1 aliphatic rings. The number of piperidine rings is 1. The molecular weight excluding hydrogens is 292 g/mol. The molecule has 1 aromatic carbocycles. The van der Waals surface area contributed by atoms with Crippen LogP contribution in [-0.4, -0.2) is 49.3 Å². The maximum absolute atomic E-state index is 12.8. The predicted molar refractivity (Wildman–Crippen MR) is 83.8 cm³/mol. The summed E-state index contributed by atoms with van der Waals surface area (Å²) in [5.41, 5.74) is 3.07. The minimum atomic E-state index is 0.0310. The molecule has 1 unspecified atom stereocenters. The molecule has 1 aliphatic heterocycles. The van der Waals surface area contributed by atoms with Crippen LogP contribution >= 0.6 is 0 Å². The van der Waals surface area contributed by atoms with Crippen molar-refractivity contribution in [1.82, 2.24) is 30.3 Å². The van der Waals surface area contributed by atoms with E-state index in [1.165, 1.54) is 0 Å². The first kappa shape index (κ1) is 13.8. The van der Waals surface area contributed by atoms with E-state index in [0.29, 0.717) is 17.6 Å². The largest absolute Gasteiger partial charge is 0.338 e. The van der Waals surface area contributed by atoms with Gasteiger partial charge >= 0.3 is 0 Å². The van der Waals surface area contributed by atoms with Gasteiger partial charge in [-0.2, -0.15) is 15.4 Å². The molecule has 7 heteroatoms. The van der Waals surface area contributed by atoms with E-state index in [1.54, 1.807) is 30.7 Å². The van der Waals surface area contributed by atoms with E-state index in [9.17, 15) is 4.79 Å². The second-order valence-corrected chi connectivity index (χ2v) is 5.75. The zero-order valence-corrected chi connectivity index (χ0v) is 12.5. The molecule has 0 saturated carbocycles. The molecule has 23 heavy (non-hydrogen) atoms. The van der Waals surface area contributed by atoms with Crippen molar-refractivity contribution < 1.29 is 4.79 Å². The molecule has 7 nitrogen and oxygen atoms in total. The van der Waals surface area contributed by atoms with Crippen LogP contribution in [0.25, 0.3) is 11.0 Å². The second-order valence-electron chi connectivity index (χ2n) is 5.75. The van der Waals surface area contributed by atoms with Gasteiger partial charge in [-0.1, -0.05) is 0 Å². The van der Waals surface area contributed by atoms with Crippen molar-refractivity contribution in [3.8, 4) is 0 Å². The van der Waals surface area contributed by atoms with Crippen LogP contribution in [0.5, 0.6) is 0 Å². The maximum atomic E-state index is 12.8. The Labute approximate surface area is 132 Å². The number of rotatable bonds is 2. The Morgan fingerprint density at radius 2 is 2.13 bits per heavy atom. The first-order valence-electron chi connectivity index (χ1n) is 7.67. The molecule has 0 radical (unpaired) electrons. The van der Waals surface area contributed by atoms with Crippen LogP contribution in [0.3, 0.4) is 0 Å². The fourth-order valence-corrected chi connectivity index (χ4v) is 3.08. The van der Waals surface area contributed by atoms with Crippen LogP contribution in [0.1, 0.15) is 34.8 Å². The number of benzene rings is 1. The Balaban J connectivity index is 1.55. The third-order valence-electron chi connectivity index (χ3n) is 4.27. The van der Waals surface area contributed by atoms with Crippen LogP contribution in [-0.2, 0) is 0 Å². The summed E-state index contributed by atoms with van der Waals surface area (Å²) in [6, 6.07) is 5.41. The fraction of sp³-hybridized carbons (Fsp3) is 0.312. The molecule has 2 aromatic heterocycles. The Bertz CT molecular complexity index is 831. The summed E-state index contributed by atoms with van der Waals surface area (Å²) >= 11 is 0. The van der Waals surface area contributed by atoms with Crippen molar-refractivity contribution in [3.05, 3.63) is 48.0 Å².